The van der Waals surface area contributed by atoms with Crippen LogP contribution in [0, 0.1) is 24.7 Å². The SMILES string of the molecule is Cc1cc(C)n(CCCN2CCC3(CCCN(CC(C)(C)C)C3)C2)n1. The molecule has 3 rings (SSSR count). The van der Waals surface area contributed by atoms with Crippen LogP contribution in [-0.4, -0.2) is 58.8 Å². The van der Waals surface area contributed by atoms with Crippen molar-refractivity contribution in [2.75, 3.05) is 39.3 Å². The van der Waals surface area contributed by atoms with Gasteiger partial charge in [-0.3, -0.25) is 4.68 Å². The molecule has 4 nitrogen and oxygen atoms in total. The zero-order valence-electron chi connectivity index (χ0n) is 17.1. The van der Waals surface area contributed by atoms with Crippen molar-refractivity contribution in [2.24, 2.45) is 10.8 Å². The highest BCUT2D eigenvalue weighted by Crippen LogP contribution is 2.39. The fraction of sp³-hybridized carbons (Fsp3) is 0.857. The Morgan fingerprint density at radius 2 is 1.80 bits per heavy atom. The normalized spacial score (nSPS) is 26.0. The standard InChI is InChI=1S/C21H38N4/c1-18-14-19(2)25(22-18)12-7-11-23-13-9-21(16-23)8-6-10-24(17-21)15-20(3,4)5/h14H,6-13,15-17H2,1-5H3. The van der Waals surface area contributed by atoms with Gasteiger partial charge in [0.15, 0.2) is 0 Å². The second kappa shape index (κ2) is 7.40. The second-order valence-corrected chi connectivity index (χ2v) is 9.90. The molecule has 0 amide bonds. The highest BCUT2D eigenvalue weighted by Gasteiger charge is 2.41. The maximum absolute atomic E-state index is 4.59. The van der Waals surface area contributed by atoms with Gasteiger partial charge in [0.2, 0.25) is 0 Å². The summed E-state index contributed by atoms with van der Waals surface area (Å²) in [5.74, 6) is 0. The van der Waals surface area contributed by atoms with Crippen LogP contribution in [0.1, 0.15) is 57.8 Å². The molecule has 25 heavy (non-hydrogen) atoms. The highest BCUT2D eigenvalue weighted by molar-refractivity contribution is 5.06. The molecule has 1 atom stereocenters. The number of piperidine rings is 1. The van der Waals surface area contributed by atoms with E-state index in [2.05, 4.69) is 60.3 Å². The van der Waals surface area contributed by atoms with Crippen LogP contribution in [0.15, 0.2) is 6.07 Å². The van der Waals surface area contributed by atoms with Crippen LogP contribution in [0.5, 0.6) is 0 Å². The molecule has 0 bridgehead atoms. The molecule has 142 valence electrons. The molecule has 2 aliphatic rings. The van der Waals surface area contributed by atoms with Gasteiger partial charge in [-0.2, -0.15) is 5.10 Å². The third-order valence-electron chi connectivity index (χ3n) is 5.90. The highest BCUT2D eigenvalue weighted by atomic mass is 15.3. The van der Waals surface area contributed by atoms with E-state index >= 15 is 0 Å². The van der Waals surface area contributed by atoms with Crippen molar-refractivity contribution in [1.82, 2.24) is 19.6 Å². The first-order valence-corrected chi connectivity index (χ1v) is 10.2. The molecule has 0 aromatic carbocycles. The van der Waals surface area contributed by atoms with E-state index in [0.29, 0.717) is 10.8 Å². The zero-order valence-corrected chi connectivity index (χ0v) is 17.1. The Morgan fingerprint density at radius 1 is 1.04 bits per heavy atom. The summed E-state index contributed by atoms with van der Waals surface area (Å²) in [6.45, 7) is 20.1. The van der Waals surface area contributed by atoms with Crippen molar-refractivity contribution in [3.8, 4) is 0 Å². The van der Waals surface area contributed by atoms with E-state index in [-0.39, 0.29) is 0 Å². The van der Waals surface area contributed by atoms with Gasteiger partial charge < -0.3 is 9.80 Å². The van der Waals surface area contributed by atoms with E-state index in [4.69, 9.17) is 0 Å². The summed E-state index contributed by atoms with van der Waals surface area (Å²) in [4.78, 5) is 5.45. The minimum absolute atomic E-state index is 0.413. The lowest BCUT2D eigenvalue weighted by atomic mass is 9.78. The molecule has 2 aliphatic heterocycles. The van der Waals surface area contributed by atoms with Crippen LogP contribution in [0.3, 0.4) is 0 Å². The van der Waals surface area contributed by atoms with Gasteiger partial charge in [0.05, 0.1) is 5.69 Å². The molecule has 2 saturated heterocycles. The quantitative estimate of drug-likeness (QED) is 0.812. The van der Waals surface area contributed by atoms with E-state index in [9.17, 15) is 0 Å². The van der Waals surface area contributed by atoms with E-state index in [0.717, 1.165) is 12.2 Å². The molecule has 4 heteroatoms. The smallest absolute Gasteiger partial charge is 0.0596 e. The Morgan fingerprint density at radius 3 is 2.48 bits per heavy atom. The van der Waals surface area contributed by atoms with Gasteiger partial charge >= 0.3 is 0 Å². The molecular weight excluding hydrogens is 308 g/mol. The maximum atomic E-state index is 4.59. The first-order chi connectivity index (χ1) is 11.7. The number of aryl methyl sites for hydroxylation is 3. The van der Waals surface area contributed by atoms with Gasteiger partial charge in [-0.05, 0) is 76.1 Å². The summed E-state index contributed by atoms with van der Waals surface area (Å²) in [7, 11) is 0. The Balaban J connectivity index is 1.46. The predicted molar refractivity (Wildman–Crippen MR) is 105 cm³/mol. The van der Waals surface area contributed by atoms with Gasteiger partial charge in [-0.1, -0.05) is 20.8 Å². The molecule has 1 aromatic rings. The Hall–Kier alpha value is -0.870. The molecule has 1 aromatic heterocycles. The van der Waals surface area contributed by atoms with Crippen molar-refractivity contribution >= 4 is 0 Å². The number of aromatic nitrogens is 2. The number of hydrogen-bond acceptors (Lipinski definition) is 3. The van der Waals surface area contributed by atoms with Crippen LogP contribution in [0.2, 0.25) is 0 Å². The summed E-state index contributed by atoms with van der Waals surface area (Å²) < 4.78 is 2.17. The third kappa shape index (κ3) is 5.07. The van der Waals surface area contributed by atoms with Crippen LogP contribution in [-0.2, 0) is 6.54 Å². The summed E-state index contributed by atoms with van der Waals surface area (Å²) in [6, 6.07) is 2.18. The van der Waals surface area contributed by atoms with Gasteiger partial charge in [-0.25, -0.2) is 0 Å². The minimum Gasteiger partial charge on any atom is -0.303 e. The van der Waals surface area contributed by atoms with Crippen LogP contribution in [0.25, 0.3) is 0 Å². The van der Waals surface area contributed by atoms with E-state index in [1.54, 1.807) is 0 Å². The van der Waals surface area contributed by atoms with Crippen molar-refractivity contribution in [3.63, 3.8) is 0 Å². The summed E-state index contributed by atoms with van der Waals surface area (Å²) in [5, 5.41) is 4.59. The zero-order chi connectivity index (χ0) is 18.1. The van der Waals surface area contributed by atoms with Crippen LogP contribution >= 0.6 is 0 Å². The lowest BCUT2D eigenvalue weighted by Crippen LogP contribution is -2.47. The average molecular weight is 347 g/mol. The Kier molecular flexibility index (Phi) is 5.60. The van der Waals surface area contributed by atoms with Crippen molar-refractivity contribution < 1.29 is 0 Å². The topological polar surface area (TPSA) is 24.3 Å². The Bertz CT molecular complexity index is 571. The minimum atomic E-state index is 0.413. The van der Waals surface area contributed by atoms with Gasteiger partial charge in [0.1, 0.15) is 0 Å². The van der Waals surface area contributed by atoms with Gasteiger partial charge in [0, 0.05) is 31.9 Å². The number of rotatable bonds is 5. The number of hydrogen-bond donors (Lipinski definition) is 0. The van der Waals surface area contributed by atoms with Crippen molar-refractivity contribution in [2.45, 2.75) is 66.8 Å². The summed E-state index contributed by atoms with van der Waals surface area (Å²) >= 11 is 0. The molecule has 0 N–H and O–H groups in total. The van der Waals surface area contributed by atoms with E-state index in [1.807, 2.05) is 0 Å². The molecule has 2 fully saturated rings. The molecule has 0 aliphatic carbocycles. The molecular formula is C21H38N4. The van der Waals surface area contributed by atoms with Crippen molar-refractivity contribution in [3.05, 3.63) is 17.5 Å². The first-order valence-electron chi connectivity index (χ1n) is 10.2. The van der Waals surface area contributed by atoms with Gasteiger partial charge in [-0.15, -0.1) is 0 Å². The van der Waals surface area contributed by atoms with Crippen LogP contribution < -0.4 is 0 Å². The van der Waals surface area contributed by atoms with E-state index in [1.165, 1.54) is 70.6 Å². The molecule has 0 radical (unpaired) electrons. The van der Waals surface area contributed by atoms with Crippen LogP contribution in [0.4, 0.5) is 0 Å². The van der Waals surface area contributed by atoms with Crippen molar-refractivity contribution in [1.29, 1.82) is 0 Å². The molecule has 1 unspecified atom stereocenters. The lowest BCUT2D eigenvalue weighted by Gasteiger charge is -2.42. The fourth-order valence-corrected chi connectivity index (χ4v) is 5.01. The monoisotopic (exact) mass is 346 g/mol. The van der Waals surface area contributed by atoms with Gasteiger partial charge in [0.25, 0.3) is 0 Å². The number of nitrogens with zero attached hydrogens (tertiary/aromatic N) is 4. The Labute approximate surface area is 154 Å². The largest absolute Gasteiger partial charge is 0.303 e. The lowest BCUT2D eigenvalue weighted by molar-refractivity contribution is 0.0676. The fourth-order valence-electron chi connectivity index (χ4n) is 5.01. The van der Waals surface area contributed by atoms with E-state index < -0.39 is 0 Å². The summed E-state index contributed by atoms with van der Waals surface area (Å²) in [5.41, 5.74) is 3.41. The average Bonchev–Trinajstić information content (AvgIpc) is 3.01. The molecule has 0 saturated carbocycles. The predicted octanol–water partition coefficient (Wildman–Crippen LogP) is 3.72. The first kappa shape index (κ1) is 18.9. The summed E-state index contributed by atoms with van der Waals surface area (Å²) in [6.07, 6.45) is 5.43. The molecule has 3 heterocycles. The maximum Gasteiger partial charge on any atom is 0.0596 e. The molecule has 1 spiro atoms. The second-order valence-electron chi connectivity index (χ2n) is 9.90. The number of likely N-dealkylation sites (tertiary alicyclic amines) is 2. The third-order valence-corrected chi connectivity index (χ3v) is 5.90.